The van der Waals surface area contributed by atoms with Gasteiger partial charge in [0.05, 0.1) is 18.8 Å². The molecule has 2 fully saturated rings. The summed E-state index contributed by atoms with van der Waals surface area (Å²) in [5.41, 5.74) is 2.35. The standard InChI is InChI=1S/C16H20N2O2S/c1-2-7-16(6-1)11-21-15(18-16)17-13-5-3-4-12(10-13)14-19-8-9-20-14/h3-5,10,14H,1-2,6-9,11H2,(H,17,18). The van der Waals surface area contributed by atoms with Crippen LogP contribution < -0.4 is 5.32 Å². The Bertz CT molecular complexity index is 549. The van der Waals surface area contributed by atoms with E-state index in [2.05, 4.69) is 17.4 Å². The van der Waals surface area contributed by atoms with Gasteiger partial charge in [0, 0.05) is 17.0 Å². The molecular formula is C16H20N2O2S. The van der Waals surface area contributed by atoms with Gasteiger partial charge in [-0.1, -0.05) is 36.7 Å². The van der Waals surface area contributed by atoms with Gasteiger partial charge in [-0.3, -0.25) is 4.99 Å². The van der Waals surface area contributed by atoms with Gasteiger partial charge in [-0.05, 0) is 25.0 Å². The smallest absolute Gasteiger partial charge is 0.184 e. The van der Waals surface area contributed by atoms with Crippen molar-refractivity contribution in [2.45, 2.75) is 37.5 Å². The normalized spacial score (nSPS) is 24.7. The molecule has 5 heteroatoms. The number of rotatable bonds is 2. The van der Waals surface area contributed by atoms with Gasteiger partial charge in [-0.15, -0.1) is 0 Å². The Balaban J connectivity index is 1.48. The Morgan fingerprint density at radius 2 is 2.00 bits per heavy atom. The van der Waals surface area contributed by atoms with E-state index in [0.29, 0.717) is 13.2 Å². The Morgan fingerprint density at radius 1 is 1.19 bits per heavy atom. The van der Waals surface area contributed by atoms with Crippen LogP contribution in [0.15, 0.2) is 29.3 Å². The molecule has 1 N–H and O–H groups in total. The fourth-order valence-electron chi connectivity index (χ4n) is 3.27. The van der Waals surface area contributed by atoms with Crippen molar-refractivity contribution in [1.29, 1.82) is 0 Å². The number of hydrogen-bond donors (Lipinski definition) is 1. The molecule has 112 valence electrons. The van der Waals surface area contributed by atoms with E-state index in [4.69, 9.17) is 14.5 Å². The molecule has 0 amide bonds. The van der Waals surface area contributed by atoms with Gasteiger partial charge in [0.25, 0.3) is 0 Å². The molecule has 1 aromatic carbocycles. The first kappa shape index (κ1) is 13.6. The lowest BCUT2D eigenvalue weighted by Gasteiger charge is -2.16. The average molecular weight is 304 g/mol. The molecule has 21 heavy (non-hydrogen) atoms. The van der Waals surface area contributed by atoms with Crippen molar-refractivity contribution in [2.75, 3.05) is 24.3 Å². The molecule has 1 aromatic rings. The third-order valence-electron chi connectivity index (χ3n) is 4.38. The Kier molecular flexibility index (Phi) is 3.65. The highest BCUT2D eigenvalue weighted by molar-refractivity contribution is 8.14. The van der Waals surface area contributed by atoms with Crippen LogP contribution in [0.5, 0.6) is 0 Å². The minimum absolute atomic E-state index is 0.217. The van der Waals surface area contributed by atoms with Crippen molar-refractivity contribution in [2.24, 2.45) is 4.99 Å². The van der Waals surface area contributed by atoms with E-state index in [1.54, 1.807) is 0 Å². The summed E-state index contributed by atoms with van der Waals surface area (Å²) in [6.07, 6.45) is 4.92. The SMILES string of the molecule is c1cc(NC2=NC3(CCCC3)CS2)cc(C2OCCO2)c1. The molecule has 1 spiro atoms. The third kappa shape index (κ3) is 2.82. The van der Waals surface area contributed by atoms with E-state index in [1.165, 1.54) is 25.7 Å². The molecule has 0 radical (unpaired) electrons. The van der Waals surface area contributed by atoms with Gasteiger partial charge in [0.2, 0.25) is 0 Å². The third-order valence-corrected chi connectivity index (χ3v) is 5.53. The molecule has 1 saturated heterocycles. The second-order valence-electron chi connectivity index (χ2n) is 5.96. The highest BCUT2D eigenvalue weighted by Gasteiger charge is 2.38. The number of amidine groups is 1. The molecule has 0 aromatic heterocycles. The summed E-state index contributed by atoms with van der Waals surface area (Å²) in [5.74, 6) is 1.13. The molecule has 0 bridgehead atoms. The number of benzene rings is 1. The fourth-order valence-corrected chi connectivity index (χ4v) is 4.48. The maximum absolute atomic E-state index is 5.55. The summed E-state index contributed by atoms with van der Waals surface area (Å²) < 4.78 is 11.1. The zero-order chi connectivity index (χ0) is 14.1. The summed E-state index contributed by atoms with van der Waals surface area (Å²) in [4.78, 5) is 4.95. The maximum atomic E-state index is 5.55. The van der Waals surface area contributed by atoms with Gasteiger partial charge in [-0.25, -0.2) is 0 Å². The predicted octanol–water partition coefficient (Wildman–Crippen LogP) is 3.56. The Morgan fingerprint density at radius 3 is 2.81 bits per heavy atom. The van der Waals surface area contributed by atoms with Crippen LogP contribution in [0.4, 0.5) is 5.69 Å². The first-order valence-electron chi connectivity index (χ1n) is 7.66. The molecule has 3 aliphatic rings. The van der Waals surface area contributed by atoms with E-state index in [1.807, 2.05) is 23.9 Å². The largest absolute Gasteiger partial charge is 0.346 e. The molecule has 1 saturated carbocycles. The lowest BCUT2D eigenvalue weighted by atomic mass is 10.0. The summed E-state index contributed by atoms with van der Waals surface area (Å²) in [6.45, 7) is 1.35. The topological polar surface area (TPSA) is 42.9 Å². The monoisotopic (exact) mass is 304 g/mol. The molecular weight excluding hydrogens is 284 g/mol. The van der Waals surface area contributed by atoms with Gasteiger partial charge in [0.1, 0.15) is 0 Å². The van der Waals surface area contributed by atoms with Gasteiger partial charge >= 0.3 is 0 Å². The van der Waals surface area contributed by atoms with Crippen molar-refractivity contribution in [3.63, 3.8) is 0 Å². The number of hydrogen-bond acceptors (Lipinski definition) is 5. The quantitative estimate of drug-likeness (QED) is 0.907. The number of ether oxygens (including phenoxy) is 2. The van der Waals surface area contributed by atoms with Crippen LogP contribution in [0.1, 0.15) is 37.5 Å². The van der Waals surface area contributed by atoms with Gasteiger partial charge in [0.15, 0.2) is 11.5 Å². The average Bonchev–Trinajstić information content (AvgIpc) is 3.24. The van der Waals surface area contributed by atoms with Crippen LogP contribution >= 0.6 is 11.8 Å². The van der Waals surface area contributed by atoms with E-state index in [-0.39, 0.29) is 11.8 Å². The highest BCUT2D eigenvalue weighted by Crippen LogP contribution is 2.41. The van der Waals surface area contributed by atoms with Gasteiger partial charge < -0.3 is 14.8 Å². The van der Waals surface area contributed by atoms with E-state index < -0.39 is 0 Å². The first-order chi connectivity index (χ1) is 10.3. The zero-order valence-electron chi connectivity index (χ0n) is 12.0. The van der Waals surface area contributed by atoms with Crippen molar-refractivity contribution < 1.29 is 9.47 Å². The fraction of sp³-hybridized carbons (Fsp3) is 0.562. The number of nitrogens with one attached hydrogen (secondary N) is 1. The Labute approximate surface area is 129 Å². The number of nitrogens with zero attached hydrogens (tertiary/aromatic N) is 1. The summed E-state index contributed by atoms with van der Waals surface area (Å²) in [6, 6.07) is 8.25. The van der Waals surface area contributed by atoms with Crippen molar-refractivity contribution >= 4 is 22.6 Å². The highest BCUT2D eigenvalue weighted by atomic mass is 32.2. The van der Waals surface area contributed by atoms with Crippen LogP contribution in [0.2, 0.25) is 0 Å². The summed E-state index contributed by atoms with van der Waals surface area (Å²) in [5, 5.41) is 4.52. The minimum Gasteiger partial charge on any atom is -0.346 e. The summed E-state index contributed by atoms with van der Waals surface area (Å²) >= 11 is 1.85. The molecule has 0 unspecified atom stereocenters. The number of thioether (sulfide) groups is 1. The lowest BCUT2D eigenvalue weighted by Crippen LogP contribution is -2.21. The molecule has 2 aliphatic heterocycles. The second kappa shape index (κ2) is 5.63. The van der Waals surface area contributed by atoms with Crippen LogP contribution in [-0.4, -0.2) is 29.7 Å². The maximum Gasteiger partial charge on any atom is 0.184 e. The van der Waals surface area contributed by atoms with Crippen LogP contribution in [-0.2, 0) is 9.47 Å². The molecule has 4 nitrogen and oxygen atoms in total. The Hall–Kier alpha value is -1.04. The van der Waals surface area contributed by atoms with E-state index >= 15 is 0 Å². The van der Waals surface area contributed by atoms with Crippen LogP contribution in [0, 0.1) is 0 Å². The van der Waals surface area contributed by atoms with Crippen molar-refractivity contribution in [1.82, 2.24) is 0 Å². The minimum atomic E-state index is -0.217. The molecule has 2 heterocycles. The molecule has 4 rings (SSSR count). The van der Waals surface area contributed by atoms with E-state index in [9.17, 15) is 0 Å². The second-order valence-corrected chi connectivity index (χ2v) is 6.93. The first-order valence-corrected chi connectivity index (χ1v) is 8.65. The molecule has 1 aliphatic carbocycles. The predicted molar refractivity (Wildman–Crippen MR) is 85.8 cm³/mol. The van der Waals surface area contributed by atoms with Crippen LogP contribution in [0.3, 0.4) is 0 Å². The number of anilines is 1. The summed E-state index contributed by atoms with van der Waals surface area (Å²) in [7, 11) is 0. The van der Waals surface area contributed by atoms with E-state index in [0.717, 1.165) is 22.2 Å². The lowest BCUT2D eigenvalue weighted by molar-refractivity contribution is -0.0440. The van der Waals surface area contributed by atoms with Crippen molar-refractivity contribution in [3.05, 3.63) is 29.8 Å². The van der Waals surface area contributed by atoms with Gasteiger partial charge in [-0.2, -0.15) is 0 Å². The van der Waals surface area contributed by atoms with Crippen LogP contribution in [0.25, 0.3) is 0 Å². The zero-order valence-corrected chi connectivity index (χ0v) is 12.8. The number of aliphatic imine (C=N–C) groups is 1. The van der Waals surface area contributed by atoms with Crippen molar-refractivity contribution in [3.8, 4) is 0 Å². The molecule has 0 atom stereocenters.